The van der Waals surface area contributed by atoms with Crippen LogP contribution in [-0.4, -0.2) is 15.2 Å². The fourth-order valence-corrected chi connectivity index (χ4v) is 2.50. The molecule has 0 amide bonds. The first-order valence-electron chi connectivity index (χ1n) is 7.63. The Labute approximate surface area is 146 Å². The van der Waals surface area contributed by atoms with Gasteiger partial charge in [-0.25, -0.2) is 0 Å². The van der Waals surface area contributed by atoms with Crippen molar-refractivity contribution < 1.29 is 0 Å². The van der Waals surface area contributed by atoms with Gasteiger partial charge in [0, 0.05) is 17.3 Å². The minimum absolute atomic E-state index is 0.473. The number of anilines is 3. The molecule has 0 aliphatic carbocycles. The first-order chi connectivity index (χ1) is 11.6. The van der Waals surface area contributed by atoms with E-state index in [1.807, 2.05) is 31.2 Å². The third-order valence-electron chi connectivity index (χ3n) is 3.62. The molecule has 5 nitrogen and oxygen atoms in total. The van der Waals surface area contributed by atoms with Gasteiger partial charge < -0.3 is 10.6 Å². The highest BCUT2D eigenvalue weighted by Crippen LogP contribution is 2.25. The van der Waals surface area contributed by atoms with Crippen molar-refractivity contribution in [1.82, 2.24) is 15.2 Å². The van der Waals surface area contributed by atoms with Crippen LogP contribution in [0.15, 0.2) is 48.7 Å². The molecule has 2 aromatic carbocycles. The number of nitrogens with zero attached hydrogens (tertiary/aromatic N) is 3. The Kier molecular flexibility index (Phi) is 4.91. The topological polar surface area (TPSA) is 62.7 Å². The predicted octanol–water partition coefficient (Wildman–Crippen LogP) is 4.50. The summed E-state index contributed by atoms with van der Waals surface area (Å²) in [5.74, 6) is 1.09. The molecule has 1 heterocycles. The molecule has 122 valence electrons. The highest BCUT2D eigenvalue weighted by atomic mass is 35.5. The van der Waals surface area contributed by atoms with Crippen molar-refractivity contribution in [2.75, 3.05) is 10.6 Å². The lowest BCUT2D eigenvalue weighted by Gasteiger charge is -2.10. The maximum absolute atomic E-state index is 6.14. The molecule has 1 aromatic heterocycles. The van der Waals surface area contributed by atoms with Crippen LogP contribution in [0.4, 0.5) is 17.5 Å². The molecule has 0 bridgehead atoms. The van der Waals surface area contributed by atoms with Gasteiger partial charge in [-0.1, -0.05) is 47.5 Å². The zero-order valence-electron chi connectivity index (χ0n) is 13.5. The SMILES string of the molecule is Cc1cccc(CNc2nncc(Nc3cccc(Cl)c3C)n2)c1. The monoisotopic (exact) mass is 339 g/mol. The first-order valence-corrected chi connectivity index (χ1v) is 8.01. The van der Waals surface area contributed by atoms with Gasteiger partial charge in [-0.05, 0) is 37.1 Å². The fourth-order valence-electron chi connectivity index (χ4n) is 2.32. The van der Waals surface area contributed by atoms with E-state index in [1.165, 1.54) is 11.1 Å². The van der Waals surface area contributed by atoms with E-state index in [4.69, 9.17) is 11.6 Å². The van der Waals surface area contributed by atoms with E-state index >= 15 is 0 Å². The van der Waals surface area contributed by atoms with Crippen LogP contribution in [0.5, 0.6) is 0 Å². The number of halogens is 1. The summed E-state index contributed by atoms with van der Waals surface area (Å²) < 4.78 is 0. The van der Waals surface area contributed by atoms with Crippen LogP contribution in [0.2, 0.25) is 5.02 Å². The summed E-state index contributed by atoms with van der Waals surface area (Å²) in [4.78, 5) is 4.44. The van der Waals surface area contributed by atoms with Crippen molar-refractivity contribution >= 4 is 29.1 Å². The van der Waals surface area contributed by atoms with Gasteiger partial charge in [0.05, 0.1) is 6.20 Å². The normalized spacial score (nSPS) is 10.5. The van der Waals surface area contributed by atoms with Crippen molar-refractivity contribution in [3.05, 3.63) is 70.4 Å². The highest BCUT2D eigenvalue weighted by molar-refractivity contribution is 6.31. The average molecular weight is 340 g/mol. The summed E-state index contributed by atoms with van der Waals surface area (Å²) in [7, 11) is 0. The second kappa shape index (κ2) is 7.27. The molecule has 0 saturated heterocycles. The van der Waals surface area contributed by atoms with Crippen LogP contribution >= 0.6 is 11.6 Å². The standard InChI is InChI=1S/C18H18ClN5/c1-12-5-3-6-14(9-12)10-20-18-23-17(11-21-24-18)22-16-8-4-7-15(19)13(16)2/h3-9,11H,10H2,1-2H3,(H2,20,22,23,24). The molecule has 2 N–H and O–H groups in total. The molecule has 0 fully saturated rings. The largest absolute Gasteiger partial charge is 0.349 e. The van der Waals surface area contributed by atoms with Gasteiger partial charge >= 0.3 is 0 Å². The Morgan fingerprint density at radius 2 is 1.92 bits per heavy atom. The maximum atomic E-state index is 6.14. The third kappa shape index (κ3) is 4.00. The lowest BCUT2D eigenvalue weighted by atomic mass is 10.1. The smallest absolute Gasteiger partial charge is 0.244 e. The van der Waals surface area contributed by atoms with Crippen LogP contribution in [0.25, 0.3) is 0 Å². The summed E-state index contributed by atoms with van der Waals surface area (Å²) >= 11 is 6.14. The highest BCUT2D eigenvalue weighted by Gasteiger charge is 2.05. The number of rotatable bonds is 5. The summed E-state index contributed by atoms with van der Waals surface area (Å²) in [6, 6.07) is 14.0. The second-order valence-corrected chi connectivity index (χ2v) is 5.95. The predicted molar refractivity (Wildman–Crippen MR) is 97.8 cm³/mol. The Morgan fingerprint density at radius 3 is 2.75 bits per heavy atom. The zero-order valence-corrected chi connectivity index (χ0v) is 14.3. The number of aromatic nitrogens is 3. The molecule has 0 aliphatic heterocycles. The van der Waals surface area contributed by atoms with Crippen molar-refractivity contribution in [1.29, 1.82) is 0 Å². The van der Waals surface area contributed by atoms with Gasteiger partial charge in [-0.15, -0.1) is 5.10 Å². The summed E-state index contributed by atoms with van der Waals surface area (Å²) in [6.07, 6.45) is 1.58. The van der Waals surface area contributed by atoms with Gasteiger partial charge in [-0.3, -0.25) is 0 Å². The molecule has 0 saturated carbocycles. The van der Waals surface area contributed by atoms with E-state index in [9.17, 15) is 0 Å². The Morgan fingerprint density at radius 1 is 1.08 bits per heavy atom. The Bertz CT molecular complexity index is 850. The zero-order chi connectivity index (χ0) is 16.9. The first kappa shape index (κ1) is 16.2. The Hall–Kier alpha value is -2.66. The summed E-state index contributed by atoms with van der Waals surface area (Å²) in [6.45, 7) is 4.67. The minimum atomic E-state index is 0.473. The van der Waals surface area contributed by atoms with Crippen LogP contribution < -0.4 is 10.6 Å². The molecular weight excluding hydrogens is 322 g/mol. The van der Waals surface area contributed by atoms with Crippen LogP contribution in [0.3, 0.4) is 0 Å². The summed E-state index contributed by atoms with van der Waals surface area (Å²) in [5, 5.41) is 15.1. The van der Waals surface area contributed by atoms with E-state index in [2.05, 4.69) is 50.9 Å². The molecule has 3 rings (SSSR count). The fraction of sp³-hybridized carbons (Fsp3) is 0.167. The number of aryl methyl sites for hydroxylation is 1. The van der Waals surface area contributed by atoms with Crippen LogP contribution in [-0.2, 0) is 6.54 Å². The molecule has 0 radical (unpaired) electrons. The van der Waals surface area contributed by atoms with Gasteiger partial charge in [0.1, 0.15) is 0 Å². The average Bonchev–Trinajstić information content (AvgIpc) is 2.58. The van der Waals surface area contributed by atoms with Crippen LogP contribution in [0, 0.1) is 13.8 Å². The summed E-state index contributed by atoms with van der Waals surface area (Å²) in [5.41, 5.74) is 4.25. The molecular formula is C18H18ClN5. The molecule has 0 spiro atoms. The molecule has 0 unspecified atom stereocenters. The van der Waals surface area contributed by atoms with E-state index in [0.29, 0.717) is 23.3 Å². The molecule has 24 heavy (non-hydrogen) atoms. The van der Waals surface area contributed by atoms with E-state index in [0.717, 1.165) is 11.3 Å². The third-order valence-corrected chi connectivity index (χ3v) is 4.03. The molecule has 6 heteroatoms. The van der Waals surface area contributed by atoms with Crippen molar-refractivity contribution in [2.45, 2.75) is 20.4 Å². The minimum Gasteiger partial charge on any atom is -0.349 e. The van der Waals surface area contributed by atoms with E-state index < -0.39 is 0 Å². The van der Waals surface area contributed by atoms with Gasteiger partial charge in [0.15, 0.2) is 5.82 Å². The number of hydrogen-bond donors (Lipinski definition) is 2. The number of hydrogen-bond acceptors (Lipinski definition) is 5. The molecule has 3 aromatic rings. The van der Waals surface area contributed by atoms with Gasteiger partial charge in [0.25, 0.3) is 0 Å². The van der Waals surface area contributed by atoms with Crippen molar-refractivity contribution in [3.8, 4) is 0 Å². The van der Waals surface area contributed by atoms with Crippen LogP contribution in [0.1, 0.15) is 16.7 Å². The quantitative estimate of drug-likeness (QED) is 0.716. The maximum Gasteiger partial charge on any atom is 0.244 e. The lowest BCUT2D eigenvalue weighted by molar-refractivity contribution is 0.948. The lowest BCUT2D eigenvalue weighted by Crippen LogP contribution is -2.06. The van der Waals surface area contributed by atoms with Gasteiger partial charge in [0.2, 0.25) is 5.95 Å². The molecule has 0 aliphatic rings. The second-order valence-electron chi connectivity index (χ2n) is 5.55. The Balaban J connectivity index is 1.71. The number of benzene rings is 2. The van der Waals surface area contributed by atoms with E-state index in [-0.39, 0.29) is 0 Å². The van der Waals surface area contributed by atoms with E-state index in [1.54, 1.807) is 6.20 Å². The van der Waals surface area contributed by atoms with Crippen molar-refractivity contribution in [3.63, 3.8) is 0 Å². The van der Waals surface area contributed by atoms with Gasteiger partial charge in [-0.2, -0.15) is 10.1 Å². The molecule has 0 atom stereocenters. The van der Waals surface area contributed by atoms with Crippen molar-refractivity contribution in [2.24, 2.45) is 0 Å². The number of nitrogens with one attached hydrogen (secondary N) is 2.